The van der Waals surface area contributed by atoms with Gasteiger partial charge < -0.3 is 5.32 Å². The summed E-state index contributed by atoms with van der Waals surface area (Å²) in [6, 6.07) is 4.18. The number of rotatable bonds is 4. The average molecular weight is 352 g/mol. The molecule has 19 heavy (non-hydrogen) atoms. The highest BCUT2D eigenvalue weighted by molar-refractivity contribution is 9.10. The second-order valence-electron chi connectivity index (χ2n) is 4.81. The van der Waals surface area contributed by atoms with Crippen molar-refractivity contribution in [2.75, 3.05) is 12.8 Å². The lowest BCUT2D eigenvalue weighted by atomic mass is 10.1. The number of amides is 1. The van der Waals surface area contributed by atoms with E-state index < -0.39 is 26.3 Å². The summed E-state index contributed by atoms with van der Waals surface area (Å²) in [5, 5.41) is 2.44. The lowest BCUT2D eigenvalue weighted by Crippen LogP contribution is -2.44. The van der Waals surface area contributed by atoms with Crippen LogP contribution in [0.25, 0.3) is 0 Å². The molecule has 0 radical (unpaired) electrons. The van der Waals surface area contributed by atoms with Crippen molar-refractivity contribution >= 4 is 31.7 Å². The normalized spacial score (nSPS) is 12.3. The molecule has 0 atom stereocenters. The molecule has 1 N–H and O–H groups in total. The van der Waals surface area contributed by atoms with E-state index in [0.717, 1.165) is 6.26 Å². The Morgan fingerprint density at radius 2 is 2.00 bits per heavy atom. The molecule has 0 unspecified atom stereocenters. The number of sulfone groups is 1. The minimum Gasteiger partial charge on any atom is -0.350 e. The van der Waals surface area contributed by atoms with Crippen LogP contribution in [0.5, 0.6) is 0 Å². The summed E-state index contributed by atoms with van der Waals surface area (Å²) >= 11 is 3.09. The third-order valence-electron chi connectivity index (χ3n) is 2.87. The summed E-state index contributed by atoms with van der Waals surface area (Å²) < 4.78 is 35.8. The van der Waals surface area contributed by atoms with Gasteiger partial charge in [-0.1, -0.05) is 6.07 Å². The molecule has 0 aliphatic heterocycles. The van der Waals surface area contributed by atoms with E-state index in [9.17, 15) is 17.6 Å². The largest absolute Gasteiger partial charge is 0.350 e. The molecule has 1 aromatic rings. The van der Waals surface area contributed by atoms with Crippen LogP contribution in [-0.2, 0) is 9.84 Å². The predicted molar refractivity (Wildman–Crippen MR) is 75.4 cm³/mol. The minimum atomic E-state index is -3.32. The molecule has 1 aromatic carbocycles. The van der Waals surface area contributed by atoms with Gasteiger partial charge in [0.15, 0.2) is 9.84 Å². The molecule has 0 spiro atoms. The molecular formula is C12H15BrFNO3S. The van der Waals surface area contributed by atoms with E-state index in [-0.39, 0.29) is 12.1 Å². The second-order valence-corrected chi connectivity index (χ2v) is 8.32. The molecule has 4 nitrogen and oxygen atoms in total. The zero-order valence-electron chi connectivity index (χ0n) is 10.8. The van der Waals surface area contributed by atoms with Crippen LogP contribution < -0.4 is 5.32 Å². The van der Waals surface area contributed by atoms with E-state index in [0.29, 0.717) is 4.47 Å². The number of benzene rings is 1. The molecule has 0 saturated heterocycles. The van der Waals surface area contributed by atoms with E-state index in [1.807, 2.05) is 0 Å². The Bertz CT molecular complexity index is 579. The summed E-state index contributed by atoms with van der Waals surface area (Å²) in [5.41, 5.74) is -0.133. The lowest BCUT2D eigenvalue weighted by molar-refractivity contribution is 0.0945. The maximum Gasteiger partial charge on any atom is 0.255 e. The van der Waals surface area contributed by atoms with Gasteiger partial charge in [-0.25, -0.2) is 12.8 Å². The van der Waals surface area contributed by atoms with Gasteiger partial charge in [-0.05, 0) is 41.9 Å². The topological polar surface area (TPSA) is 63.2 Å². The highest BCUT2D eigenvalue weighted by atomic mass is 79.9. The van der Waals surface area contributed by atoms with Crippen molar-refractivity contribution in [2.24, 2.45) is 0 Å². The van der Waals surface area contributed by atoms with Crippen LogP contribution in [-0.4, -0.2) is 31.9 Å². The number of carbonyl (C=O) groups excluding carboxylic acids is 1. The lowest BCUT2D eigenvalue weighted by Gasteiger charge is -2.22. The molecule has 106 valence electrons. The molecule has 0 aliphatic carbocycles. The Balaban J connectivity index is 2.89. The Hall–Kier alpha value is -0.950. The van der Waals surface area contributed by atoms with E-state index in [1.165, 1.54) is 26.0 Å². The van der Waals surface area contributed by atoms with Crippen molar-refractivity contribution in [1.29, 1.82) is 0 Å². The van der Waals surface area contributed by atoms with Crippen molar-refractivity contribution in [1.82, 2.24) is 5.32 Å². The SMILES string of the molecule is CC(C)(CNC(=O)c1c(F)cccc1Br)S(C)(=O)=O. The zero-order chi connectivity index (χ0) is 14.8. The van der Waals surface area contributed by atoms with Gasteiger partial charge in [0.1, 0.15) is 5.82 Å². The molecule has 1 rings (SSSR count). The Labute approximate surface area is 120 Å². The zero-order valence-corrected chi connectivity index (χ0v) is 13.2. The van der Waals surface area contributed by atoms with Crippen LogP contribution in [0.15, 0.2) is 22.7 Å². The van der Waals surface area contributed by atoms with Crippen LogP contribution in [0.3, 0.4) is 0 Å². The van der Waals surface area contributed by atoms with Crippen LogP contribution in [0.1, 0.15) is 24.2 Å². The van der Waals surface area contributed by atoms with Crippen LogP contribution in [0.4, 0.5) is 4.39 Å². The van der Waals surface area contributed by atoms with E-state index in [4.69, 9.17) is 0 Å². The van der Waals surface area contributed by atoms with Gasteiger partial charge in [-0.15, -0.1) is 0 Å². The number of nitrogens with one attached hydrogen (secondary N) is 1. The van der Waals surface area contributed by atoms with Crippen LogP contribution >= 0.6 is 15.9 Å². The fourth-order valence-electron chi connectivity index (χ4n) is 1.23. The Kier molecular flexibility index (Phi) is 4.73. The van der Waals surface area contributed by atoms with E-state index >= 15 is 0 Å². The van der Waals surface area contributed by atoms with E-state index in [2.05, 4.69) is 21.2 Å². The van der Waals surface area contributed by atoms with Gasteiger partial charge in [0.05, 0.1) is 10.3 Å². The Morgan fingerprint density at radius 3 is 2.47 bits per heavy atom. The van der Waals surface area contributed by atoms with Gasteiger partial charge in [0.25, 0.3) is 5.91 Å². The molecule has 0 aromatic heterocycles. The second kappa shape index (κ2) is 5.58. The quantitative estimate of drug-likeness (QED) is 0.903. The van der Waals surface area contributed by atoms with Crippen LogP contribution in [0, 0.1) is 5.82 Å². The molecule has 0 heterocycles. The molecule has 0 saturated carbocycles. The fraction of sp³-hybridized carbons (Fsp3) is 0.417. The van der Waals surface area contributed by atoms with Gasteiger partial charge in [0, 0.05) is 17.3 Å². The summed E-state index contributed by atoms with van der Waals surface area (Å²) in [4.78, 5) is 11.9. The smallest absolute Gasteiger partial charge is 0.255 e. The fourth-order valence-corrected chi connectivity index (χ4v) is 2.08. The predicted octanol–water partition coefficient (Wildman–Crippen LogP) is 2.14. The van der Waals surface area contributed by atoms with E-state index in [1.54, 1.807) is 6.07 Å². The standard InChI is InChI=1S/C12H15BrFNO3S/c1-12(2,19(3,17)18)7-15-11(16)10-8(13)5-4-6-9(10)14/h4-6H,7H2,1-3H3,(H,15,16). The summed E-state index contributed by atoms with van der Waals surface area (Å²) in [6.45, 7) is 2.91. The number of halogens is 2. The third kappa shape index (κ3) is 3.76. The van der Waals surface area contributed by atoms with Gasteiger partial charge in [-0.2, -0.15) is 0 Å². The number of carbonyl (C=O) groups is 1. The molecule has 0 fully saturated rings. The van der Waals surface area contributed by atoms with Crippen molar-refractivity contribution in [3.63, 3.8) is 0 Å². The number of hydrogen-bond donors (Lipinski definition) is 1. The summed E-state index contributed by atoms with van der Waals surface area (Å²) in [7, 11) is -3.32. The highest BCUT2D eigenvalue weighted by Gasteiger charge is 2.31. The highest BCUT2D eigenvalue weighted by Crippen LogP contribution is 2.20. The van der Waals surface area contributed by atoms with Crippen molar-refractivity contribution in [3.05, 3.63) is 34.1 Å². The van der Waals surface area contributed by atoms with Gasteiger partial charge >= 0.3 is 0 Å². The molecule has 0 bridgehead atoms. The molecule has 0 aliphatic rings. The van der Waals surface area contributed by atoms with Crippen LogP contribution in [0.2, 0.25) is 0 Å². The van der Waals surface area contributed by atoms with Crippen molar-refractivity contribution in [3.8, 4) is 0 Å². The maximum atomic E-state index is 13.5. The monoisotopic (exact) mass is 351 g/mol. The Morgan fingerprint density at radius 1 is 1.42 bits per heavy atom. The number of hydrogen-bond acceptors (Lipinski definition) is 3. The first-order chi connectivity index (χ1) is 8.56. The third-order valence-corrected chi connectivity index (χ3v) is 5.68. The van der Waals surface area contributed by atoms with Crippen molar-refractivity contribution in [2.45, 2.75) is 18.6 Å². The van der Waals surface area contributed by atoms with Gasteiger partial charge in [-0.3, -0.25) is 4.79 Å². The average Bonchev–Trinajstić information content (AvgIpc) is 2.24. The molecular weight excluding hydrogens is 337 g/mol. The first-order valence-corrected chi connectivity index (χ1v) is 8.16. The molecule has 7 heteroatoms. The van der Waals surface area contributed by atoms with Gasteiger partial charge in [0.2, 0.25) is 0 Å². The maximum absolute atomic E-state index is 13.5. The first-order valence-electron chi connectivity index (χ1n) is 5.48. The first kappa shape index (κ1) is 16.1. The molecule has 1 amide bonds. The summed E-state index contributed by atoms with van der Waals surface area (Å²) in [6.07, 6.45) is 1.10. The summed E-state index contributed by atoms with van der Waals surface area (Å²) in [5.74, 6) is -1.31. The van der Waals surface area contributed by atoms with Crippen molar-refractivity contribution < 1.29 is 17.6 Å². The minimum absolute atomic E-state index is 0.0918.